The SMILES string of the molecule is CC(=O)Cc1ccc([N+](=O)[O-])cc1. The molecule has 4 nitrogen and oxygen atoms in total. The van der Waals surface area contributed by atoms with Gasteiger partial charge in [-0.2, -0.15) is 0 Å². The van der Waals surface area contributed by atoms with Crippen LogP contribution in [0.5, 0.6) is 0 Å². The number of carbonyl (C=O) groups excluding carboxylic acids is 1. The summed E-state index contributed by atoms with van der Waals surface area (Å²) in [5.74, 6) is 0.0499. The molecule has 0 fully saturated rings. The van der Waals surface area contributed by atoms with E-state index in [0.717, 1.165) is 5.56 Å². The summed E-state index contributed by atoms with van der Waals surface area (Å²) >= 11 is 0. The van der Waals surface area contributed by atoms with Crippen molar-refractivity contribution in [3.63, 3.8) is 0 Å². The van der Waals surface area contributed by atoms with E-state index < -0.39 is 4.92 Å². The zero-order valence-corrected chi connectivity index (χ0v) is 7.19. The fraction of sp³-hybridized carbons (Fsp3) is 0.222. The molecule has 0 bridgehead atoms. The van der Waals surface area contributed by atoms with Gasteiger partial charge in [0.2, 0.25) is 0 Å². The average Bonchev–Trinajstić information content (AvgIpc) is 2.04. The van der Waals surface area contributed by atoms with Gasteiger partial charge in [-0.25, -0.2) is 0 Å². The molecular weight excluding hydrogens is 170 g/mol. The van der Waals surface area contributed by atoms with Gasteiger partial charge in [-0.05, 0) is 12.5 Å². The third-order valence-electron chi connectivity index (χ3n) is 1.60. The zero-order chi connectivity index (χ0) is 9.84. The van der Waals surface area contributed by atoms with Gasteiger partial charge < -0.3 is 0 Å². The van der Waals surface area contributed by atoms with E-state index in [9.17, 15) is 14.9 Å². The van der Waals surface area contributed by atoms with Crippen molar-refractivity contribution in [1.82, 2.24) is 0 Å². The number of hydrogen-bond donors (Lipinski definition) is 0. The van der Waals surface area contributed by atoms with Crippen molar-refractivity contribution in [2.75, 3.05) is 0 Å². The molecule has 0 radical (unpaired) electrons. The highest BCUT2D eigenvalue weighted by atomic mass is 16.6. The van der Waals surface area contributed by atoms with Gasteiger partial charge >= 0.3 is 0 Å². The third kappa shape index (κ3) is 2.66. The standard InChI is InChI=1S/C9H9NO3/c1-7(11)6-8-2-4-9(5-3-8)10(12)13/h2-5H,6H2,1H3. The molecule has 0 saturated carbocycles. The van der Waals surface area contributed by atoms with Crippen molar-refractivity contribution in [2.45, 2.75) is 13.3 Å². The van der Waals surface area contributed by atoms with Crippen LogP contribution < -0.4 is 0 Å². The summed E-state index contributed by atoms with van der Waals surface area (Å²) in [6.07, 6.45) is 0.331. The third-order valence-corrected chi connectivity index (χ3v) is 1.60. The molecule has 0 aliphatic rings. The minimum atomic E-state index is -0.461. The van der Waals surface area contributed by atoms with E-state index in [0.29, 0.717) is 6.42 Å². The molecule has 68 valence electrons. The molecule has 0 spiro atoms. The highest BCUT2D eigenvalue weighted by Gasteiger charge is 2.04. The molecule has 0 unspecified atom stereocenters. The molecule has 0 heterocycles. The fourth-order valence-corrected chi connectivity index (χ4v) is 1.02. The molecule has 1 aromatic rings. The van der Waals surface area contributed by atoms with Gasteiger partial charge in [0.15, 0.2) is 0 Å². The Balaban J connectivity index is 2.81. The summed E-state index contributed by atoms with van der Waals surface area (Å²) in [4.78, 5) is 20.5. The Morgan fingerprint density at radius 1 is 1.38 bits per heavy atom. The average molecular weight is 179 g/mol. The second kappa shape index (κ2) is 3.80. The number of non-ortho nitro benzene ring substituents is 1. The lowest BCUT2D eigenvalue weighted by atomic mass is 10.1. The second-order valence-electron chi connectivity index (χ2n) is 2.80. The van der Waals surface area contributed by atoms with Gasteiger partial charge in [0.05, 0.1) is 4.92 Å². The summed E-state index contributed by atoms with van der Waals surface area (Å²) in [7, 11) is 0. The number of nitro benzene ring substituents is 1. The Labute approximate surface area is 75.3 Å². The smallest absolute Gasteiger partial charge is 0.269 e. The van der Waals surface area contributed by atoms with E-state index in [2.05, 4.69) is 0 Å². The Bertz CT molecular complexity index is 329. The van der Waals surface area contributed by atoms with Gasteiger partial charge in [-0.15, -0.1) is 0 Å². The van der Waals surface area contributed by atoms with Crippen LogP contribution in [0, 0.1) is 10.1 Å². The second-order valence-corrected chi connectivity index (χ2v) is 2.80. The molecule has 0 aliphatic heterocycles. The van der Waals surface area contributed by atoms with Gasteiger partial charge in [0.1, 0.15) is 5.78 Å². The minimum Gasteiger partial charge on any atom is -0.300 e. The Morgan fingerprint density at radius 2 is 1.92 bits per heavy atom. The van der Waals surface area contributed by atoms with E-state index in [-0.39, 0.29) is 11.5 Å². The van der Waals surface area contributed by atoms with Crippen LogP contribution in [0.15, 0.2) is 24.3 Å². The molecule has 0 amide bonds. The number of Topliss-reactive ketones (excluding diaryl/α,β-unsaturated/α-hetero) is 1. The minimum absolute atomic E-state index is 0.0484. The number of ketones is 1. The van der Waals surface area contributed by atoms with E-state index in [1.807, 2.05) is 0 Å². The van der Waals surface area contributed by atoms with Crippen LogP contribution >= 0.6 is 0 Å². The zero-order valence-electron chi connectivity index (χ0n) is 7.19. The molecule has 0 atom stereocenters. The number of rotatable bonds is 3. The first-order valence-electron chi connectivity index (χ1n) is 3.82. The molecule has 1 rings (SSSR count). The van der Waals surface area contributed by atoms with Crippen LogP contribution in [0.4, 0.5) is 5.69 Å². The van der Waals surface area contributed by atoms with E-state index in [1.54, 1.807) is 12.1 Å². The molecule has 0 aliphatic carbocycles. The molecule has 0 N–H and O–H groups in total. The highest BCUT2D eigenvalue weighted by Crippen LogP contribution is 2.12. The summed E-state index contributed by atoms with van der Waals surface area (Å²) in [5.41, 5.74) is 0.852. The molecule has 1 aromatic carbocycles. The van der Waals surface area contributed by atoms with Crippen molar-refractivity contribution in [1.29, 1.82) is 0 Å². The predicted octanol–water partition coefficient (Wildman–Crippen LogP) is 1.73. The molecule has 0 saturated heterocycles. The summed E-state index contributed by atoms with van der Waals surface area (Å²) in [6.45, 7) is 1.49. The van der Waals surface area contributed by atoms with Crippen LogP contribution in [0.25, 0.3) is 0 Å². The van der Waals surface area contributed by atoms with E-state index in [1.165, 1.54) is 19.1 Å². The van der Waals surface area contributed by atoms with Crippen LogP contribution in [-0.2, 0) is 11.2 Å². The number of carbonyl (C=O) groups is 1. The number of benzene rings is 1. The summed E-state index contributed by atoms with van der Waals surface area (Å²) in [5, 5.41) is 10.3. The molecular formula is C9H9NO3. The fourth-order valence-electron chi connectivity index (χ4n) is 1.02. The van der Waals surface area contributed by atoms with Crippen molar-refractivity contribution in [2.24, 2.45) is 0 Å². The van der Waals surface area contributed by atoms with Crippen LogP contribution in [0.1, 0.15) is 12.5 Å². The van der Waals surface area contributed by atoms with Crippen molar-refractivity contribution >= 4 is 11.5 Å². The van der Waals surface area contributed by atoms with Gasteiger partial charge in [0.25, 0.3) is 5.69 Å². The van der Waals surface area contributed by atoms with Crippen molar-refractivity contribution in [3.8, 4) is 0 Å². The van der Waals surface area contributed by atoms with E-state index in [4.69, 9.17) is 0 Å². The number of nitrogens with zero attached hydrogens (tertiary/aromatic N) is 1. The van der Waals surface area contributed by atoms with E-state index >= 15 is 0 Å². The molecule has 0 aromatic heterocycles. The van der Waals surface area contributed by atoms with Crippen LogP contribution in [0.3, 0.4) is 0 Å². The largest absolute Gasteiger partial charge is 0.300 e. The monoisotopic (exact) mass is 179 g/mol. The van der Waals surface area contributed by atoms with Gasteiger partial charge in [-0.1, -0.05) is 12.1 Å². The Morgan fingerprint density at radius 3 is 2.31 bits per heavy atom. The Hall–Kier alpha value is -1.71. The first kappa shape index (κ1) is 9.38. The lowest BCUT2D eigenvalue weighted by molar-refractivity contribution is -0.384. The van der Waals surface area contributed by atoms with Gasteiger partial charge in [0, 0.05) is 18.6 Å². The highest BCUT2D eigenvalue weighted by molar-refractivity contribution is 5.78. The van der Waals surface area contributed by atoms with Crippen molar-refractivity contribution < 1.29 is 9.72 Å². The number of nitro groups is 1. The van der Waals surface area contributed by atoms with Crippen molar-refractivity contribution in [3.05, 3.63) is 39.9 Å². The lowest BCUT2D eigenvalue weighted by Gasteiger charge is -1.96. The molecule has 4 heteroatoms. The first-order chi connectivity index (χ1) is 6.09. The maximum Gasteiger partial charge on any atom is 0.269 e. The van der Waals surface area contributed by atoms with Crippen LogP contribution in [-0.4, -0.2) is 10.7 Å². The molecule has 13 heavy (non-hydrogen) atoms. The summed E-state index contributed by atoms with van der Waals surface area (Å²) < 4.78 is 0. The predicted molar refractivity (Wildman–Crippen MR) is 47.5 cm³/mol. The maximum atomic E-state index is 10.7. The topological polar surface area (TPSA) is 60.2 Å². The first-order valence-corrected chi connectivity index (χ1v) is 3.82. The Kier molecular flexibility index (Phi) is 2.74. The maximum absolute atomic E-state index is 10.7. The lowest BCUT2D eigenvalue weighted by Crippen LogP contribution is -1.96. The van der Waals surface area contributed by atoms with Gasteiger partial charge in [-0.3, -0.25) is 14.9 Å². The number of hydrogen-bond acceptors (Lipinski definition) is 3. The normalized spacial score (nSPS) is 9.62. The summed E-state index contributed by atoms with van der Waals surface area (Å²) in [6, 6.07) is 6.00. The quantitative estimate of drug-likeness (QED) is 0.524. The van der Waals surface area contributed by atoms with Crippen LogP contribution in [0.2, 0.25) is 0 Å².